The minimum atomic E-state index is -0.796. The molecule has 0 radical (unpaired) electrons. The van der Waals surface area contributed by atoms with Gasteiger partial charge in [0, 0.05) is 4.47 Å². The molecule has 0 atom stereocenters. The van der Waals surface area contributed by atoms with Gasteiger partial charge in [0.15, 0.2) is 11.5 Å². The number of urea groups is 1. The van der Waals surface area contributed by atoms with Gasteiger partial charge in [0.05, 0.1) is 23.0 Å². The Balaban J connectivity index is 1.61. The lowest BCUT2D eigenvalue weighted by Gasteiger charge is -2.25. The Morgan fingerprint density at radius 1 is 1.11 bits per heavy atom. The number of ether oxygens (including phenoxy) is 2. The van der Waals surface area contributed by atoms with Crippen LogP contribution in [-0.2, 0) is 22.7 Å². The first-order chi connectivity index (χ1) is 16.9. The third-order valence-corrected chi connectivity index (χ3v) is 6.35. The van der Waals surface area contributed by atoms with Crippen LogP contribution in [0.3, 0.4) is 0 Å². The van der Waals surface area contributed by atoms with Crippen LogP contribution in [0.15, 0.2) is 69.3 Å². The van der Waals surface area contributed by atoms with Gasteiger partial charge >= 0.3 is 6.03 Å². The molecule has 0 unspecified atom stereocenters. The van der Waals surface area contributed by atoms with Crippen LogP contribution in [0, 0.1) is 3.57 Å². The Kier molecular flexibility index (Phi) is 7.91. The number of barbiturate groups is 1. The number of nitrogens with zero attached hydrogens (tertiary/aromatic N) is 1. The Labute approximate surface area is 223 Å². The van der Waals surface area contributed by atoms with Crippen LogP contribution in [-0.4, -0.2) is 29.4 Å². The number of hydrogen-bond acceptors (Lipinski definition) is 6. The molecule has 1 aliphatic heterocycles. The van der Waals surface area contributed by atoms with E-state index in [1.54, 1.807) is 24.3 Å². The third kappa shape index (κ3) is 5.93. The van der Waals surface area contributed by atoms with Gasteiger partial charge in [0.1, 0.15) is 17.9 Å². The highest BCUT2D eigenvalue weighted by atomic mass is 127. The van der Waals surface area contributed by atoms with Gasteiger partial charge in [0.25, 0.3) is 11.8 Å². The number of benzene rings is 2. The van der Waals surface area contributed by atoms with E-state index in [2.05, 4.69) is 43.8 Å². The number of amides is 4. The van der Waals surface area contributed by atoms with Crippen molar-refractivity contribution in [3.8, 4) is 11.5 Å². The molecule has 8 nitrogen and oxygen atoms in total. The van der Waals surface area contributed by atoms with E-state index in [0.29, 0.717) is 36.0 Å². The average molecular weight is 651 g/mol. The molecule has 180 valence electrons. The number of furan rings is 1. The number of imide groups is 2. The zero-order chi connectivity index (χ0) is 24.9. The van der Waals surface area contributed by atoms with Crippen molar-refractivity contribution in [3.63, 3.8) is 0 Å². The molecule has 4 rings (SSSR count). The SMILES string of the molecule is CCOc1cc(/C=C2\C(=O)NC(=O)N(Cc3ccco3)C2=O)cc(I)c1OCc1ccc(Br)cc1. The highest BCUT2D eigenvalue weighted by Gasteiger charge is 2.36. The predicted octanol–water partition coefficient (Wildman–Crippen LogP) is 5.29. The van der Waals surface area contributed by atoms with E-state index >= 15 is 0 Å². The topological polar surface area (TPSA) is 98.1 Å². The smallest absolute Gasteiger partial charge is 0.331 e. The Hall–Kier alpha value is -3.12. The van der Waals surface area contributed by atoms with E-state index in [4.69, 9.17) is 13.9 Å². The molecule has 2 heterocycles. The molecule has 0 spiro atoms. The summed E-state index contributed by atoms with van der Waals surface area (Å²) in [7, 11) is 0. The number of rotatable bonds is 8. The van der Waals surface area contributed by atoms with Gasteiger partial charge in [-0.05, 0) is 83.1 Å². The molecule has 0 saturated carbocycles. The van der Waals surface area contributed by atoms with Gasteiger partial charge in [-0.2, -0.15) is 0 Å². The van der Waals surface area contributed by atoms with Gasteiger partial charge in [-0.15, -0.1) is 0 Å². The standard InChI is InChI=1S/C25H20BrIN2O6/c1-2-33-21-12-16(11-20(27)22(21)35-14-15-5-7-17(26)8-6-15)10-19-23(30)28-25(32)29(24(19)31)13-18-4-3-9-34-18/h3-12H,2,13-14H2,1H3,(H,28,30,32)/b19-10+. The fourth-order valence-electron chi connectivity index (χ4n) is 3.37. The first kappa shape index (κ1) is 25.0. The van der Waals surface area contributed by atoms with E-state index in [0.717, 1.165) is 18.5 Å². The monoisotopic (exact) mass is 650 g/mol. The summed E-state index contributed by atoms with van der Waals surface area (Å²) in [6.45, 7) is 2.50. The van der Waals surface area contributed by atoms with Gasteiger partial charge in [-0.25, -0.2) is 4.79 Å². The molecule has 4 amide bonds. The Morgan fingerprint density at radius 3 is 2.57 bits per heavy atom. The maximum absolute atomic E-state index is 13.0. The molecule has 1 fully saturated rings. The van der Waals surface area contributed by atoms with Crippen LogP contribution in [0.2, 0.25) is 0 Å². The van der Waals surface area contributed by atoms with Crippen LogP contribution in [0.1, 0.15) is 23.8 Å². The second kappa shape index (κ2) is 11.1. The Bertz CT molecular complexity index is 1290. The van der Waals surface area contributed by atoms with Crippen molar-refractivity contribution in [3.05, 3.63) is 85.3 Å². The summed E-state index contributed by atoms with van der Waals surface area (Å²) in [5.74, 6) is -0.0114. The summed E-state index contributed by atoms with van der Waals surface area (Å²) < 4.78 is 18.8. The molecule has 0 aliphatic carbocycles. The summed E-state index contributed by atoms with van der Waals surface area (Å²) in [6, 6.07) is 13.8. The molecule has 1 aromatic heterocycles. The molecule has 2 aromatic carbocycles. The maximum Gasteiger partial charge on any atom is 0.331 e. The average Bonchev–Trinajstić information content (AvgIpc) is 3.34. The van der Waals surface area contributed by atoms with E-state index in [1.165, 1.54) is 12.3 Å². The van der Waals surface area contributed by atoms with E-state index in [1.807, 2.05) is 31.2 Å². The van der Waals surface area contributed by atoms with Gasteiger partial charge < -0.3 is 13.9 Å². The van der Waals surface area contributed by atoms with Crippen LogP contribution >= 0.6 is 38.5 Å². The number of halogens is 2. The minimum Gasteiger partial charge on any atom is -0.490 e. The van der Waals surface area contributed by atoms with E-state index < -0.39 is 17.8 Å². The van der Waals surface area contributed by atoms with Crippen LogP contribution in [0.5, 0.6) is 11.5 Å². The molecular formula is C25H20BrIN2O6. The highest BCUT2D eigenvalue weighted by molar-refractivity contribution is 14.1. The second-order valence-electron chi connectivity index (χ2n) is 7.47. The van der Waals surface area contributed by atoms with Crippen molar-refractivity contribution in [1.29, 1.82) is 0 Å². The lowest BCUT2D eigenvalue weighted by Crippen LogP contribution is -2.53. The summed E-state index contributed by atoms with van der Waals surface area (Å²) in [5, 5.41) is 2.21. The molecule has 35 heavy (non-hydrogen) atoms. The molecule has 1 N–H and O–H groups in total. The van der Waals surface area contributed by atoms with Gasteiger partial charge in [-0.1, -0.05) is 28.1 Å². The van der Waals surface area contributed by atoms with Crippen molar-refractivity contribution < 1.29 is 28.3 Å². The van der Waals surface area contributed by atoms with Crippen molar-refractivity contribution in [2.45, 2.75) is 20.1 Å². The summed E-state index contributed by atoms with van der Waals surface area (Å²) in [5.41, 5.74) is 1.38. The minimum absolute atomic E-state index is 0.0904. The zero-order valence-corrected chi connectivity index (χ0v) is 22.3. The number of nitrogens with one attached hydrogen (secondary N) is 1. The quantitative estimate of drug-likeness (QED) is 0.202. The van der Waals surface area contributed by atoms with Gasteiger partial charge in [-0.3, -0.25) is 19.8 Å². The van der Waals surface area contributed by atoms with E-state index in [9.17, 15) is 14.4 Å². The number of carbonyl (C=O) groups is 3. The fraction of sp³-hybridized carbons (Fsp3) is 0.160. The first-order valence-corrected chi connectivity index (χ1v) is 12.5. The predicted molar refractivity (Wildman–Crippen MR) is 140 cm³/mol. The summed E-state index contributed by atoms with van der Waals surface area (Å²) in [6.07, 6.45) is 2.88. The third-order valence-electron chi connectivity index (χ3n) is 5.02. The van der Waals surface area contributed by atoms with Crippen molar-refractivity contribution in [1.82, 2.24) is 10.2 Å². The number of hydrogen-bond donors (Lipinski definition) is 1. The van der Waals surface area contributed by atoms with Crippen LogP contribution in [0.25, 0.3) is 6.08 Å². The van der Waals surface area contributed by atoms with Crippen molar-refractivity contribution in [2.24, 2.45) is 0 Å². The molecule has 10 heteroatoms. The normalized spacial score (nSPS) is 14.9. The Morgan fingerprint density at radius 2 is 1.89 bits per heavy atom. The van der Waals surface area contributed by atoms with Crippen LogP contribution in [0.4, 0.5) is 4.79 Å². The molecule has 0 bridgehead atoms. The zero-order valence-electron chi connectivity index (χ0n) is 18.5. The molecule has 3 aromatic rings. The molecular weight excluding hydrogens is 631 g/mol. The van der Waals surface area contributed by atoms with Gasteiger partial charge in [0.2, 0.25) is 0 Å². The molecule has 1 aliphatic rings. The summed E-state index contributed by atoms with van der Waals surface area (Å²) >= 11 is 5.54. The fourth-order valence-corrected chi connectivity index (χ4v) is 4.42. The second-order valence-corrected chi connectivity index (χ2v) is 9.54. The maximum atomic E-state index is 13.0. The largest absolute Gasteiger partial charge is 0.490 e. The van der Waals surface area contributed by atoms with Crippen LogP contribution < -0.4 is 14.8 Å². The lowest BCUT2D eigenvalue weighted by atomic mass is 10.1. The van der Waals surface area contributed by atoms with E-state index in [-0.39, 0.29) is 12.1 Å². The van der Waals surface area contributed by atoms with Crippen molar-refractivity contribution >= 4 is 62.4 Å². The lowest BCUT2D eigenvalue weighted by molar-refractivity contribution is -0.130. The first-order valence-electron chi connectivity index (χ1n) is 10.6. The van der Waals surface area contributed by atoms with Crippen molar-refractivity contribution in [2.75, 3.05) is 6.61 Å². The molecule has 1 saturated heterocycles. The highest BCUT2D eigenvalue weighted by Crippen LogP contribution is 2.36. The summed E-state index contributed by atoms with van der Waals surface area (Å²) in [4.78, 5) is 38.7. The number of carbonyl (C=O) groups excluding carboxylic acids is 3.